The summed E-state index contributed by atoms with van der Waals surface area (Å²) in [5.41, 5.74) is 0.268. The Balaban J connectivity index is 1.48. The summed E-state index contributed by atoms with van der Waals surface area (Å²) in [6, 6.07) is 7.02. The number of carbonyl (C=O) groups excluding carboxylic acids is 1. The maximum atomic E-state index is 12.3. The van der Waals surface area contributed by atoms with Gasteiger partial charge in [0.15, 0.2) is 0 Å². The highest BCUT2D eigenvalue weighted by molar-refractivity contribution is 5.78. The molecule has 1 aliphatic carbocycles. The fourth-order valence-electron chi connectivity index (χ4n) is 3.41. The van der Waals surface area contributed by atoms with Crippen LogP contribution in [0.15, 0.2) is 29.1 Å². The first-order valence-corrected chi connectivity index (χ1v) is 8.83. The minimum absolute atomic E-state index is 0.0832. The molecular formula is C18H24N4O2. The number of hydrogen-bond donors (Lipinski definition) is 1. The van der Waals surface area contributed by atoms with Crippen LogP contribution in [0.3, 0.4) is 0 Å². The Bertz CT molecular complexity index is 750. The van der Waals surface area contributed by atoms with E-state index in [1.54, 1.807) is 24.3 Å². The molecule has 1 fully saturated rings. The Hall–Kier alpha value is -2.24. The van der Waals surface area contributed by atoms with Crippen LogP contribution in [-0.2, 0) is 11.3 Å². The number of carbonyl (C=O) groups is 1. The molecule has 0 atom stereocenters. The van der Waals surface area contributed by atoms with Crippen molar-refractivity contribution in [1.82, 2.24) is 20.3 Å². The summed E-state index contributed by atoms with van der Waals surface area (Å²) >= 11 is 0. The molecule has 0 unspecified atom stereocenters. The molecule has 1 heterocycles. The monoisotopic (exact) mass is 328 g/mol. The van der Waals surface area contributed by atoms with Crippen LogP contribution in [0.2, 0.25) is 0 Å². The summed E-state index contributed by atoms with van der Waals surface area (Å²) in [7, 11) is 0. The lowest BCUT2D eigenvalue weighted by atomic mass is 9.86. The highest BCUT2D eigenvalue weighted by Crippen LogP contribution is 2.26. The zero-order chi connectivity index (χ0) is 16.8. The van der Waals surface area contributed by atoms with E-state index >= 15 is 0 Å². The van der Waals surface area contributed by atoms with Crippen LogP contribution >= 0.6 is 0 Å². The van der Waals surface area contributed by atoms with Crippen LogP contribution < -0.4 is 10.9 Å². The Labute approximate surface area is 141 Å². The van der Waals surface area contributed by atoms with Gasteiger partial charge in [-0.2, -0.15) is 0 Å². The number of rotatable bonds is 6. The van der Waals surface area contributed by atoms with E-state index in [4.69, 9.17) is 0 Å². The van der Waals surface area contributed by atoms with Crippen LogP contribution in [0.25, 0.3) is 10.9 Å². The highest BCUT2D eigenvalue weighted by atomic mass is 16.2. The van der Waals surface area contributed by atoms with E-state index in [2.05, 4.69) is 15.6 Å². The first-order valence-electron chi connectivity index (χ1n) is 8.83. The summed E-state index contributed by atoms with van der Waals surface area (Å²) in [6.07, 6.45) is 8.90. The fourth-order valence-corrected chi connectivity index (χ4v) is 3.41. The minimum atomic E-state index is -0.280. The first-order chi connectivity index (χ1) is 11.7. The van der Waals surface area contributed by atoms with Gasteiger partial charge in [-0.05, 0) is 30.9 Å². The van der Waals surface area contributed by atoms with Crippen LogP contribution in [0.5, 0.6) is 0 Å². The van der Waals surface area contributed by atoms with Crippen LogP contribution in [0.1, 0.15) is 44.9 Å². The van der Waals surface area contributed by atoms with Gasteiger partial charge in [0.2, 0.25) is 5.91 Å². The number of nitrogens with zero attached hydrogens (tertiary/aromatic N) is 3. The molecule has 0 bridgehead atoms. The molecule has 1 N–H and O–H groups in total. The van der Waals surface area contributed by atoms with E-state index in [1.165, 1.54) is 38.5 Å². The Morgan fingerprint density at radius 1 is 1.21 bits per heavy atom. The van der Waals surface area contributed by atoms with Gasteiger partial charge in [0.25, 0.3) is 5.56 Å². The third-order valence-electron chi connectivity index (χ3n) is 4.76. The van der Waals surface area contributed by atoms with Crippen molar-refractivity contribution in [2.45, 2.75) is 51.5 Å². The van der Waals surface area contributed by atoms with Gasteiger partial charge in [0, 0.05) is 6.54 Å². The van der Waals surface area contributed by atoms with Gasteiger partial charge in [-0.25, -0.2) is 4.68 Å². The first kappa shape index (κ1) is 16.6. The van der Waals surface area contributed by atoms with E-state index in [1.807, 2.05) is 0 Å². The molecule has 1 saturated carbocycles. The number of aromatic nitrogens is 3. The standard InChI is InChI=1S/C18H24N4O2/c23-17(19-12-6-9-14-7-2-1-3-8-14)13-22-18(24)15-10-4-5-11-16(15)20-21-22/h4-5,10-11,14H,1-3,6-9,12-13H2,(H,19,23). The molecular weight excluding hydrogens is 304 g/mol. The quantitative estimate of drug-likeness (QED) is 0.825. The van der Waals surface area contributed by atoms with Crippen molar-refractivity contribution in [3.63, 3.8) is 0 Å². The third kappa shape index (κ3) is 4.19. The highest BCUT2D eigenvalue weighted by Gasteiger charge is 2.13. The van der Waals surface area contributed by atoms with Crippen LogP contribution in [0, 0.1) is 5.92 Å². The van der Waals surface area contributed by atoms with E-state index in [9.17, 15) is 9.59 Å². The molecule has 6 heteroatoms. The smallest absolute Gasteiger partial charge is 0.278 e. The molecule has 1 aromatic carbocycles. The molecule has 0 aliphatic heterocycles. The molecule has 3 rings (SSSR count). The van der Waals surface area contributed by atoms with Crippen molar-refractivity contribution in [1.29, 1.82) is 0 Å². The van der Waals surface area contributed by atoms with Gasteiger partial charge in [-0.3, -0.25) is 9.59 Å². The summed E-state index contributed by atoms with van der Waals surface area (Å²) in [6.45, 7) is 0.575. The molecule has 24 heavy (non-hydrogen) atoms. The fraction of sp³-hybridized carbons (Fsp3) is 0.556. The van der Waals surface area contributed by atoms with Crippen molar-refractivity contribution in [3.8, 4) is 0 Å². The van der Waals surface area contributed by atoms with Gasteiger partial charge in [-0.1, -0.05) is 49.5 Å². The molecule has 0 radical (unpaired) electrons. The average molecular weight is 328 g/mol. The Morgan fingerprint density at radius 2 is 2.00 bits per heavy atom. The minimum Gasteiger partial charge on any atom is -0.354 e. The summed E-state index contributed by atoms with van der Waals surface area (Å²) in [5.74, 6) is 0.634. The number of benzene rings is 1. The van der Waals surface area contributed by atoms with Gasteiger partial charge in [0.1, 0.15) is 12.1 Å². The number of nitrogens with one attached hydrogen (secondary N) is 1. The Morgan fingerprint density at radius 3 is 2.83 bits per heavy atom. The van der Waals surface area contributed by atoms with Gasteiger partial charge < -0.3 is 5.32 Å². The second-order valence-electron chi connectivity index (χ2n) is 6.57. The zero-order valence-corrected chi connectivity index (χ0v) is 13.9. The lowest BCUT2D eigenvalue weighted by molar-refractivity contribution is -0.121. The number of hydrogen-bond acceptors (Lipinski definition) is 4. The van der Waals surface area contributed by atoms with Crippen molar-refractivity contribution < 1.29 is 4.79 Å². The molecule has 0 saturated heterocycles. The van der Waals surface area contributed by atoms with E-state index in [0.717, 1.165) is 17.0 Å². The van der Waals surface area contributed by atoms with Gasteiger partial charge in [-0.15, -0.1) is 5.10 Å². The van der Waals surface area contributed by atoms with Crippen molar-refractivity contribution in [2.24, 2.45) is 5.92 Å². The molecule has 1 aliphatic rings. The summed E-state index contributed by atoms with van der Waals surface area (Å²) in [5, 5.41) is 11.2. The van der Waals surface area contributed by atoms with Gasteiger partial charge in [0.05, 0.1) is 5.39 Å². The van der Waals surface area contributed by atoms with Crippen LogP contribution in [-0.4, -0.2) is 27.4 Å². The normalized spacial score (nSPS) is 15.5. The number of fused-ring (bicyclic) bond motifs is 1. The maximum Gasteiger partial charge on any atom is 0.278 e. The zero-order valence-electron chi connectivity index (χ0n) is 13.9. The molecule has 128 valence electrons. The van der Waals surface area contributed by atoms with Crippen molar-refractivity contribution >= 4 is 16.8 Å². The maximum absolute atomic E-state index is 12.3. The summed E-state index contributed by atoms with van der Waals surface area (Å²) in [4.78, 5) is 24.3. The second kappa shape index (κ2) is 8.04. The lowest BCUT2D eigenvalue weighted by Crippen LogP contribution is -2.34. The molecule has 2 aromatic rings. The lowest BCUT2D eigenvalue weighted by Gasteiger charge is -2.21. The largest absolute Gasteiger partial charge is 0.354 e. The van der Waals surface area contributed by atoms with Gasteiger partial charge >= 0.3 is 0 Å². The number of amides is 1. The van der Waals surface area contributed by atoms with E-state index < -0.39 is 0 Å². The van der Waals surface area contributed by atoms with Crippen LogP contribution in [0.4, 0.5) is 0 Å². The third-order valence-corrected chi connectivity index (χ3v) is 4.76. The molecule has 1 amide bonds. The second-order valence-corrected chi connectivity index (χ2v) is 6.57. The summed E-state index contributed by atoms with van der Waals surface area (Å²) < 4.78 is 1.12. The molecule has 1 aromatic heterocycles. The van der Waals surface area contributed by atoms with E-state index in [0.29, 0.717) is 17.4 Å². The average Bonchev–Trinajstić information content (AvgIpc) is 2.62. The molecule has 6 nitrogen and oxygen atoms in total. The van der Waals surface area contributed by atoms with Crippen molar-refractivity contribution in [3.05, 3.63) is 34.6 Å². The van der Waals surface area contributed by atoms with E-state index in [-0.39, 0.29) is 18.0 Å². The topological polar surface area (TPSA) is 76.9 Å². The SMILES string of the molecule is O=C(Cn1nnc2ccccc2c1=O)NCCCC1CCCCC1. The van der Waals surface area contributed by atoms with Crippen molar-refractivity contribution in [2.75, 3.05) is 6.54 Å². The molecule has 0 spiro atoms. The predicted octanol–water partition coefficient (Wildman–Crippen LogP) is 2.27. The Kier molecular flexibility index (Phi) is 5.56. The predicted molar refractivity (Wildman–Crippen MR) is 92.6 cm³/mol.